The van der Waals surface area contributed by atoms with Crippen molar-refractivity contribution in [3.8, 4) is 0 Å². The van der Waals surface area contributed by atoms with E-state index in [0.29, 0.717) is 0 Å². The number of hydrogen-bond acceptors (Lipinski definition) is 6. The van der Waals surface area contributed by atoms with Crippen LogP contribution in [0.3, 0.4) is 0 Å². The molecule has 162 valence electrons. The maximum Gasteiger partial charge on any atom is 0.338 e. The number of esters is 1. The lowest BCUT2D eigenvalue weighted by Crippen LogP contribution is -2.45. The lowest BCUT2D eigenvalue weighted by Gasteiger charge is -2.25. The van der Waals surface area contributed by atoms with Crippen molar-refractivity contribution in [3.05, 3.63) is 72.8 Å². The molecule has 0 N–H and O–H groups in total. The van der Waals surface area contributed by atoms with E-state index in [1.54, 1.807) is 25.1 Å². The second kappa shape index (κ2) is 9.23. The first-order valence-corrected chi connectivity index (χ1v) is 11.1. The lowest BCUT2D eigenvalue weighted by atomic mass is 10.2. The SMILES string of the molecule is C=CCN(C1CC(=O)N(c2ccc(C(=O)OCC)cc2)C1=O)S(=O)(=O)c1ccccc1. The zero-order valence-electron chi connectivity index (χ0n) is 16.9. The highest BCUT2D eigenvalue weighted by molar-refractivity contribution is 7.89. The number of sulfonamides is 1. The van der Waals surface area contributed by atoms with Crippen molar-refractivity contribution in [2.75, 3.05) is 18.1 Å². The van der Waals surface area contributed by atoms with Crippen LogP contribution in [0, 0.1) is 0 Å². The Hall–Kier alpha value is -3.30. The van der Waals surface area contributed by atoms with E-state index in [2.05, 4.69) is 6.58 Å². The minimum absolute atomic E-state index is 0.0225. The molecule has 2 amide bonds. The van der Waals surface area contributed by atoms with Gasteiger partial charge in [-0.25, -0.2) is 18.1 Å². The van der Waals surface area contributed by atoms with Gasteiger partial charge in [0.2, 0.25) is 15.9 Å². The van der Waals surface area contributed by atoms with Crippen molar-refractivity contribution in [2.45, 2.75) is 24.3 Å². The van der Waals surface area contributed by atoms with Gasteiger partial charge in [-0.3, -0.25) is 9.59 Å². The van der Waals surface area contributed by atoms with Crippen LogP contribution in [0.2, 0.25) is 0 Å². The quantitative estimate of drug-likeness (QED) is 0.353. The molecule has 2 aromatic rings. The molecule has 2 aromatic carbocycles. The molecule has 0 radical (unpaired) electrons. The summed E-state index contributed by atoms with van der Waals surface area (Å²) >= 11 is 0. The fourth-order valence-electron chi connectivity index (χ4n) is 3.32. The summed E-state index contributed by atoms with van der Waals surface area (Å²) in [6.07, 6.45) is 1.08. The predicted molar refractivity (Wildman–Crippen MR) is 114 cm³/mol. The fourth-order valence-corrected chi connectivity index (χ4v) is 4.89. The van der Waals surface area contributed by atoms with E-state index in [1.807, 2.05) is 0 Å². The Morgan fingerprint density at radius 2 is 1.81 bits per heavy atom. The van der Waals surface area contributed by atoms with Gasteiger partial charge in [0.1, 0.15) is 6.04 Å². The number of hydrogen-bond donors (Lipinski definition) is 0. The fraction of sp³-hybridized carbons (Fsp3) is 0.227. The largest absolute Gasteiger partial charge is 0.462 e. The molecule has 1 aliphatic rings. The molecule has 1 aliphatic heterocycles. The molecule has 0 spiro atoms. The number of benzene rings is 2. The molecule has 0 aromatic heterocycles. The third-order valence-electron chi connectivity index (χ3n) is 4.77. The van der Waals surface area contributed by atoms with Gasteiger partial charge in [0.15, 0.2) is 0 Å². The van der Waals surface area contributed by atoms with Gasteiger partial charge in [-0.1, -0.05) is 24.3 Å². The van der Waals surface area contributed by atoms with Crippen molar-refractivity contribution in [1.29, 1.82) is 0 Å². The molecule has 1 heterocycles. The number of nitrogens with zero attached hydrogens (tertiary/aromatic N) is 2. The van der Waals surface area contributed by atoms with Crippen molar-refractivity contribution >= 4 is 33.5 Å². The Labute approximate surface area is 180 Å². The minimum Gasteiger partial charge on any atom is -0.462 e. The molecule has 0 saturated carbocycles. The Morgan fingerprint density at radius 3 is 2.39 bits per heavy atom. The Balaban J connectivity index is 1.90. The van der Waals surface area contributed by atoms with Crippen LogP contribution in [-0.2, 0) is 24.3 Å². The standard InChI is InChI=1S/C22H22N2O6S/c1-3-14-23(31(28,29)18-8-6-5-7-9-18)19-15-20(25)24(21(19)26)17-12-10-16(11-13-17)22(27)30-4-2/h3,5-13,19H,1,4,14-15H2,2H3. The molecule has 1 saturated heterocycles. The molecular formula is C22H22N2O6S. The monoisotopic (exact) mass is 442 g/mol. The van der Waals surface area contributed by atoms with Crippen LogP contribution >= 0.6 is 0 Å². The third-order valence-corrected chi connectivity index (χ3v) is 6.65. The van der Waals surface area contributed by atoms with Gasteiger partial charge in [-0.15, -0.1) is 6.58 Å². The minimum atomic E-state index is -4.03. The average molecular weight is 442 g/mol. The van der Waals surface area contributed by atoms with Crippen molar-refractivity contribution in [2.24, 2.45) is 0 Å². The average Bonchev–Trinajstić information content (AvgIpc) is 3.06. The Kier molecular flexibility index (Phi) is 6.67. The van der Waals surface area contributed by atoms with Gasteiger partial charge in [-0.05, 0) is 43.3 Å². The van der Waals surface area contributed by atoms with Crippen LogP contribution in [0.5, 0.6) is 0 Å². The summed E-state index contributed by atoms with van der Waals surface area (Å²) in [5.74, 6) is -1.71. The van der Waals surface area contributed by atoms with E-state index < -0.39 is 33.8 Å². The van der Waals surface area contributed by atoms with Gasteiger partial charge < -0.3 is 4.74 Å². The molecule has 3 rings (SSSR count). The number of amides is 2. The second-order valence-corrected chi connectivity index (χ2v) is 8.62. The summed E-state index contributed by atoms with van der Waals surface area (Å²) in [4.78, 5) is 38.5. The number of ether oxygens (including phenoxy) is 1. The first-order valence-electron chi connectivity index (χ1n) is 9.63. The highest BCUT2D eigenvalue weighted by atomic mass is 32.2. The van der Waals surface area contributed by atoms with E-state index in [9.17, 15) is 22.8 Å². The Bertz CT molecular complexity index is 1100. The number of imide groups is 1. The van der Waals surface area contributed by atoms with Crippen molar-refractivity contribution in [1.82, 2.24) is 4.31 Å². The van der Waals surface area contributed by atoms with E-state index in [1.165, 1.54) is 42.5 Å². The van der Waals surface area contributed by atoms with Gasteiger partial charge in [0, 0.05) is 6.54 Å². The van der Waals surface area contributed by atoms with Crippen molar-refractivity contribution in [3.63, 3.8) is 0 Å². The summed E-state index contributed by atoms with van der Waals surface area (Å²) < 4.78 is 32.2. The summed E-state index contributed by atoms with van der Waals surface area (Å²) in [5.41, 5.74) is 0.530. The van der Waals surface area contributed by atoms with E-state index in [-0.39, 0.29) is 35.7 Å². The molecule has 31 heavy (non-hydrogen) atoms. The highest BCUT2D eigenvalue weighted by Crippen LogP contribution is 2.29. The summed E-state index contributed by atoms with van der Waals surface area (Å²) in [7, 11) is -4.03. The van der Waals surface area contributed by atoms with Crippen LogP contribution in [0.4, 0.5) is 5.69 Å². The maximum atomic E-state index is 13.1. The van der Waals surface area contributed by atoms with E-state index in [4.69, 9.17) is 4.74 Å². The number of anilines is 1. The molecular weight excluding hydrogens is 420 g/mol. The van der Waals surface area contributed by atoms with Gasteiger partial charge in [-0.2, -0.15) is 4.31 Å². The zero-order valence-corrected chi connectivity index (χ0v) is 17.7. The first kappa shape index (κ1) is 22.4. The predicted octanol–water partition coefficient (Wildman–Crippen LogP) is 2.37. The van der Waals surface area contributed by atoms with Gasteiger partial charge in [0.05, 0.1) is 29.2 Å². The van der Waals surface area contributed by atoms with Gasteiger partial charge >= 0.3 is 5.97 Å². The summed E-state index contributed by atoms with van der Waals surface area (Å²) in [6, 6.07) is 12.3. The summed E-state index contributed by atoms with van der Waals surface area (Å²) in [6.45, 7) is 5.36. The van der Waals surface area contributed by atoms with E-state index >= 15 is 0 Å². The molecule has 1 atom stereocenters. The number of carbonyl (C=O) groups excluding carboxylic acids is 3. The number of rotatable bonds is 8. The third kappa shape index (κ3) is 4.42. The van der Waals surface area contributed by atoms with Crippen LogP contribution in [0.25, 0.3) is 0 Å². The molecule has 0 bridgehead atoms. The normalized spacial score (nSPS) is 16.6. The first-order chi connectivity index (χ1) is 14.8. The Morgan fingerprint density at radius 1 is 1.16 bits per heavy atom. The van der Waals surface area contributed by atoms with Gasteiger partial charge in [0.25, 0.3) is 5.91 Å². The van der Waals surface area contributed by atoms with Crippen LogP contribution < -0.4 is 4.90 Å². The maximum absolute atomic E-state index is 13.1. The van der Waals surface area contributed by atoms with E-state index in [0.717, 1.165) is 9.21 Å². The second-order valence-electron chi connectivity index (χ2n) is 6.73. The van der Waals surface area contributed by atoms with Crippen LogP contribution in [-0.4, -0.2) is 49.7 Å². The molecule has 1 unspecified atom stereocenters. The molecule has 1 fully saturated rings. The van der Waals surface area contributed by atoms with Crippen molar-refractivity contribution < 1.29 is 27.5 Å². The smallest absolute Gasteiger partial charge is 0.338 e. The lowest BCUT2D eigenvalue weighted by molar-refractivity contribution is -0.122. The molecule has 0 aliphatic carbocycles. The molecule has 9 heteroatoms. The number of carbonyl (C=O) groups is 3. The topological polar surface area (TPSA) is 101 Å². The zero-order chi connectivity index (χ0) is 22.6. The van der Waals surface area contributed by atoms with Crippen LogP contribution in [0.15, 0.2) is 72.1 Å². The molecule has 8 nitrogen and oxygen atoms in total. The summed E-state index contributed by atoms with van der Waals surface area (Å²) in [5, 5.41) is 0. The highest BCUT2D eigenvalue weighted by Gasteiger charge is 2.46. The van der Waals surface area contributed by atoms with Crippen LogP contribution in [0.1, 0.15) is 23.7 Å².